The maximum Gasteiger partial charge on any atom is 0.326 e. The number of carbonyl (C=O) groups is 15. The second-order valence-corrected chi connectivity index (χ2v) is 14.3. The maximum atomic E-state index is 13.5. The standard InChI is InChI=1S/C35H53N11O21/c36-13(9-26(55)56)28(59)40-14(1-5-21(37)48)30(61)44-18(10-23(39)50)32(63)46-20(12-47)34(65)42-15(2-6-22(38)49)31(62)45-19(11-27(57)58)33(64)41-16(3-7-24(51)52)29(60)43-17(35(66)67)4-8-25(53)54/h13-20,47H,1-12,36H2,(H2,37,48)(H2,38,49)(H2,39,50)(H,40,59)(H,41,64)(H,42,65)(H,43,60)(H,44,61)(H,45,62)(H,46,63)(H,51,52)(H,53,54)(H,55,56)(H,57,58)(H,66,67)/t13-,14-,15-,16-,17-,18-,19-,20-/m0/s1. The van der Waals surface area contributed by atoms with Gasteiger partial charge in [-0.1, -0.05) is 0 Å². The topological polar surface area (TPSA) is 566 Å². The van der Waals surface area contributed by atoms with Crippen LogP contribution in [0.3, 0.4) is 0 Å². The van der Waals surface area contributed by atoms with Gasteiger partial charge in [-0.3, -0.25) is 67.1 Å². The van der Waals surface area contributed by atoms with Gasteiger partial charge in [0.25, 0.3) is 0 Å². The molecule has 0 aromatic carbocycles. The highest BCUT2D eigenvalue weighted by Gasteiger charge is 2.36. The molecule has 0 aromatic rings. The van der Waals surface area contributed by atoms with Crippen molar-refractivity contribution >= 4 is 88.9 Å². The average molecular weight is 964 g/mol. The molecule has 21 N–H and O–H groups in total. The minimum Gasteiger partial charge on any atom is -0.481 e. The summed E-state index contributed by atoms with van der Waals surface area (Å²) in [5.41, 5.74) is 21.0. The Labute approximate surface area is 377 Å². The Bertz CT molecular complexity index is 1910. The molecular weight excluding hydrogens is 910 g/mol. The van der Waals surface area contributed by atoms with Crippen molar-refractivity contribution in [2.45, 2.75) is 119 Å². The molecular formula is C35H53N11O21. The predicted octanol–water partition coefficient (Wildman–Crippen LogP) is -9.13. The van der Waals surface area contributed by atoms with E-state index in [2.05, 4.69) is 5.32 Å². The third-order valence-corrected chi connectivity index (χ3v) is 8.76. The van der Waals surface area contributed by atoms with Gasteiger partial charge in [0.2, 0.25) is 59.1 Å². The van der Waals surface area contributed by atoms with Crippen molar-refractivity contribution in [2.75, 3.05) is 6.61 Å². The molecule has 0 aliphatic rings. The average Bonchev–Trinajstić information content (AvgIpc) is 3.20. The van der Waals surface area contributed by atoms with Crippen LogP contribution in [0.4, 0.5) is 0 Å². The summed E-state index contributed by atoms with van der Waals surface area (Å²) in [5, 5.41) is 69.8. The van der Waals surface area contributed by atoms with Crippen LogP contribution in [0.25, 0.3) is 0 Å². The van der Waals surface area contributed by atoms with Gasteiger partial charge >= 0.3 is 29.8 Å². The summed E-state index contributed by atoms with van der Waals surface area (Å²) in [5.74, 6) is -20.9. The predicted molar refractivity (Wildman–Crippen MR) is 215 cm³/mol. The maximum absolute atomic E-state index is 13.5. The number of aliphatic hydroxyl groups is 1. The number of amides is 10. The number of hydrogen-bond donors (Lipinski definition) is 17. The van der Waals surface area contributed by atoms with Gasteiger partial charge < -0.3 is 90.8 Å². The minimum absolute atomic E-state index is 0.549. The molecule has 0 saturated heterocycles. The zero-order valence-corrected chi connectivity index (χ0v) is 35.2. The van der Waals surface area contributed by atoms with Crippen molar-refractivity contribution < 1.29 is 103 Å². The van der Waals surface area contributed by atoms with Crippen molar-refractivity contribution in [1.82, 2.24) is 37.2 Å². The fraction of sp³-hybridized carbons (Fsp3) is 0.571. The normalized spacial score (nSPS) is 14.2. The van der Waals surface area contributed by atoms with Crippen LogP contribution in [-0.2, 0) is 71.9 Å². The number of carbonyl (C=O) groups excluding carboxylic acids is 10. The summed E-state index contributed by atoms with van der Waals surface area (Å²) < 4.78 is 0. The van der Waals surface area contributed by atoms with Crippen molar-refractivity contribution in [1.29, 1.82) is 0 Å². The van der Waals surface area contributed by atoms with Crippen LogP contribution in [0.1, 0.15) is 70.6 Å². The molecule has 374 valence electrons. The Morgan fingerprint density at radius 3 is 0.985 bits per heavy atom. The van der Waals surface area contributed by atoms with Gasteiger partial charge in [0, 0.05) is 25.7 Å². The van der Waals surface area contributed by atoms with Gasteiger partial charge in [-0.25, -0.2) is 4.79 Å². The first kappa shape index (κ1) is 59.0. The van der Waals surface area contributed by atoms with Crippen LogP contribution in [0, 0.1) is 0 Å². The molecule has 0 bridgehead atoms. The summed E-state index contributed by atoms with van der Waals surface area (Å²) in [7, 11) is 0. The Balaban J connectivity index is 6.51. The lowest BCUT2D eigenvalue weighted by molar-refractivity contribution is -0.145. The number of hydrogen-bond acceptors (Lipinski definition) is 17. The molecule has 0 fully saturated rings. The quantitative estimate of drug-likeness (QED) is 0.0285. The largest absolute Gasteiger partial charge is 0.481 e. The van der Waals surface area contributed by atoms with E-state index >= 15 is 0 Å². The van der Waals surface area contributed by atoms with Crippen LogP contribution in [-0.4, -0.2) is 174 Å². The Morgan fingerprint density at radius 1 is 0.343 bits per heavy atom. The van der Waals surface area contributed by atoms with E-state index in [0.29, 0.717) is 0 Å². The summed E-state index contributed by atoms with van der Waals surface area (Å²) in [6, 6.07) is -15.5. The number of carboxylic acid groups (broad SMARTS) is 5. The molecule has 0 unspecified atom stereocenters. The Kier molecular flexibility index (Phi) is 25.9. The van der Waals surface area contributed by atoms with Gasteiger partial charge in [-0.2, -0.15) is 0 Å². The molecule has 0 aromatic heterocycles. The first-order chi connectivity index (χ1) is 31.1. The lowest BCUT2D eigenvalue weighted by Crippen LogP contribution is -2.61. The minimum atomic E-state index is -2.18. The first-order valence-electron chi connectivity index (χ1n) is 19.5. The number of aliphatic hydroxyl groups excluding tert-OH is 1. The fourth-order valence-electron chi connectivity index (χ4n) is 5.35. The molecule has 8 atom stereocenters. The van der Waals surface area contributed by atoms with E-state index in [4.69, 9.17) is 38.3 Å². The number of rotatable bonds is 34. The first-order valence-corrected chi connectivity index (χ1v) is 19.5. The zero-order valence-electron chi connectivity index (χ0n) is 35.2. The van der Waals surface area contributed by atoms with E-state index in [1.54, 1.807) is 0 Å². The van der Waals surface area contributed by atoms with Gasteiger partial charge in [0.15, 0.2) is 0 Å². The van der Waals surface area contributed by atoms with Gasteiger partial charge in [-0.05, 0) is 25.7 Å². The van der Waals surface area contributed by atoms with Crippen LogP contribution in [0.15, 0.2) is 0 Å². The van der Waals surface area contributed by atoms with Crippen LogP contribution >= 0.6 is 0 Å². The highest BCUT2D eigenvalue weighted by molar-refractivity contribution is 5.99. The zero-order chi connectivity index (χ0) is 51.7. The molecule has 0 spiro atoms. The lowest BCUT2D eigenvalue weighted by atomic mass is 10.1. The summed E-state index contributed by atoms with van der Waals surface area (Å²) in [6.07, 6.45) is -8.72. The molecule has 0 aliphatic carbocycles. The summed E-state index contributed by atoms with van der Waals surface area (Å²) in [4.78, 5) is 184. The molecule has 0 aliphatic heterocycles. The molecule has 67 heavy (non-hydrogen) atoms. The highest BCUT2D eigenvalue weighted by atomic mass is 16.4. The van der Waals surface area contributed by atoms with E-state index < -0.39 is 214 Å². The van der Waals surface area contributed by atoms with Crippen LogP contribution < -0.4 is 60.2 Å². The molecule has 10 amide bonds. The number of nitrogens with one attached hydrogen (secondary N) is 7. The number of primary amides is 3. The van der Waals surface area contributed by atoms with E-state index in [1.807, 2.05) is 31.9 Å². The van der Waals surface area contributed by atoms with Crippen molar-refractivity contribution in [3.05, 3.63) is 0 Å². The van der Waals surface area contributed by atoms with E-state index in [9.17, 15) is 87.2 Å². The summed E-state index contributed by atoms with van der Waals surface area (Å²) >= 11 is 0. The fourth-order valence-corrected chi connectivity index (χ4v) is 5.35. The number of carboxylic acids is 5. The van der Waals surface area contributed by atoms with Gasteiger partial charge in [-0.15, -0.1) is 0 Å². The second kappa shape index (κ2) is 29.4. The van der Waals surface area contributed by atoms with E-state index in [1.165, 1.54) is 0 Å². The number of aliphatic carboxylic acids is 5. The van der Waals surface area contributed by atoms with Crippen LogP contribution in [0.5, 0.6) is 0 Å². The summed E-state index contributed by atoms with van der Waals surface area (Å²) in [6.45, 7) is -1.30. The monoisotopic (exact) mass is 963 g/mol. The second-order valence-electron chi connectivity index (χ2n) is 14.3. The Hall–Kier alpha value is -8.03. The molecule has 0 saturated carbocycles. The molecule has 0 radical (unpaired) electrons. The molecule has 32 nitrogen and oxygen atoms in total. The third kappa shape index (κ3) is 24.6. The van der Waals surface area contributed by atoms with Crippen LogP contribution in [0.2, 0.25) is 0 Å². The van der Waals surface area contributed by atoms with E-state index in [-0.39, 0.29) is 0 Å². The SMILES string of the molecule is NC(=O)CC[C@H](NC(=O)[C@H](CO)NC(=O)[C@H](CC(N)=O)NC(=O)[C@H](CCC(N)=O)NC(=O)[C@@H](N)CC(=O)O)C(=O)N[C@@H](CC(=O)O)C(=O)N[C@@H](CCC(=O)O)C(=O)N[C@@H](CCC(=O)O)C(=O)O. The highest BCUT2D eigenvalue weighted by Crippen LogP contribution is 2.08. The van der Waals surface area contributed by atoms with Crippen molar-refractivity contribution in [3.63, 3.8) is 0 Å². The smallest absolute Gasteiger partial charge is 0.326 e. The van der Waals surface area contributed by atoms with Gasteiger partial charge in [0.1, 0.15) is 42.3 Å². The molecule has 0 rings (SSSR count). The van der Waals surface area contributed by atoms with E-state index in [0.717, 1.165) is 0 Å². The Morgan fingerprint density at radius 2 is 0.642 bits per heavy atom. The van der Waals surface area contributed by atoms with Gasteiger partial charge in [0.05, 0.1) is 31.9 Å². The number of nitrogens with two attached hydrogens (primary N) is 4. The van der Waals surface area contributed by atoms with Crippen molar-refractivity contribution in [3.8, 4) is 0 Å². The third-order valence-electron chi connectivity index (χ3n) is 8.76. The molecule has 0 heterocycles. The lowest BCUT2D eigenvalue weighted by Gasteiger charge is -2.27. The molecule has 32 heteroatoms. The van der Waals surface area contributed by atoms with Crippen molar-refractivity contribution in [2.24, 2.45) is 22.9 Å².